The van der Waals surface area contributed by atoms with Crippen LogP contribution in [0.5, 0.6) is 5.75 Å². The van der Waals surface area contributed by atoms with Crippen LogP contribution in [0.1, 0.15) is 19.4 Å². The van der Waals surface area contributed by atoms with Gasteiger partial charge in [0, 0.05) is 6.04 Å². The van der Waals surface area contributed by atoms with E-state index in [1.807, 2.05) is 0 Å². The molecule has 5 unspecified atom stereocenters. The third-order valence-electron chi connectivity index (χ3n) is 9.49. The van der Waals surface area contributed by atoms with Crippen molar-refractivity contribution in [3.63, 3.8) is 0 Å². The zero-order valence-corrected chi connectivity index (χ0v) is 23.2. The monoisotopic (exact) mass is 496 g/mol. The Bertz CT molecular complexity index is 1140. The van der Waals surface area contributed by atoms with Crippen LogP contribution in [0.25, 0.3) is 5.57 Å². The lowest BCUT2D eigenvalue weighted by Gasteiger charge is -2.49. The topological polar surface area (TPSA) is 24.5 Å². The molecule has 0 spiro atoms. The highest BCUT2D eigenvalue weighted by molar-refractivity contribution is 6.76. The average Bonchev–Trinajstić information content (AvgIpc) is 3.46. The molecule has 0 aromatic heterocycles. The maximum Gasteiger partial charge on any atom is 0.129 e. The van der Waals surface area contributed by atoms with Gasteiger partial charge < -0.3 is 9.30 Å². The molecule has 0 amide bonds. The molecule has 1 saturated heterocycles. The normalized spacial score (nSPS) is 36.7. The van der Waals surface area contributed by atoms with Crippen LogP contribution in [0.2, 0.25) is 18.6 Å². The highest BCUT2D eigenvalue weighted by atomic mass is 28.3. The Hall–Kier alpha value is -2.40. The van der Waals surface area contributed by atoms with Crippen LogP contribution < -0.4 is 10.1 Å². The number of hydrogen-bond acceptors (Lipinski definition) is 3. The van der Waals surface area contributed by atoms with Crippen molar-refractivity contribution in [2.45, 2.75) is 50.7 Å². The zero-order chi connectivity index (χ0) is 25.0. The maximum absolute atomic E-state index is 5.42. The van der Waals surface area contributed by atoms with Gasteiger partial charge in [0.05, 0.1) is 19.3 Å². The molecule has 4 heteroatoms. The van der Waals surface area contributed by atoms with Gasteiger partial charge >= 0.3 is 0 Å². The van der Waals surface area contributed by atoms with E-state index in [0.29, 0.717) is 53.4 Å². The fourth-order valence-electron chi connectivity index (χ4n) is 8.02. The molecule has 0 radical (unpaired) electrons. The number of rotatable bonds is 5. The Morgan fingerprint density at radius 2 is 1.39 bits per heavy atom. The fraction of sp³-hybridized carbons (Fsp3) is 0.438. The summed E-state index contributed by atoms with van der Waals surface area (Å²) in [5, 5.41) is 4.14. The van der Waals surface area contributed by atoms with Gasteiger partial charge in [-0.3, -0.25) is 5.32 Å². The SMILES string of the molecule is COc1ccc(C2=CC=C[C@@H]3C2N[C@@H](C(C)C)N3[Si](C)(C)C2C3C=CC=CC3C3C=CC=CC32)cc1. The summed E-state index contributed by atoms with van der Waals surface area (Å²) in [5.41, 5.74) is 3.36. The van der Waals surface area contributed by atoms with Crippen molar-refractivity contribution in [1.29, 1.82) is 0 Å². The van der Waals surface area contributed by atoms with Crippen molar-refractivity contribution in [2.24, 2.45) is 29.6 Å². The van der Waals surface area contributed by atoms with E-state index in [0.717, 1.165) is 5.75 Å². The van der Waals surface area contributed by atoms with Crippen LogP contribution in [-0.2, 0) is 0 Å². The van der Waals surface area contributed by atoms with Crippen molar-refractivity contribution in [1.82, 2.24) is 9.88 Å². The van der Waals surface area contributed by atoms with E-state index in [9.17, 15) is 0 Å². The predicted octanol–water partition coefficient (Wildman–Crippen LogP) is 6.58. The Morgan fingerprint density at radius 3 is 1.94 bits per heavy atom. The molecule has 1 aromatic rings. The van der Waals surface area contributed by atoms with E-state index >= 15 is 0 Å². The van der Waals surface area contributed by atoms with Crippen molar-refractivity contribution in [3.05, 3.63) is 96.7 Å². The molecule has 6 rings (SSSR count). The maximum atomic E-state index is 5.42. The van der Waals surface area contributed by atoms with Crippen molar-refractivity contribution in [3.8, 4) is 5.75 Å². The smallest absolute Gasteiger partial charge is 0.129 e. The van der Waals surface area contributed by atoms with Crippen molar-refractivity contribution >= 4 is 13.8 Å². The summed E-state index contributed by atoms with van der Waals surface area (Å²) in [5.74, 6) is 3.93. The number of benzene rings is 1. The van der Waals surface area contributed by atoms with Crippen LogP contribution in [0.3, 0.4) is 0 Å². The van der Waals surface area contributed by atoms with Crippen LogP contribution in [0, 0.1) is 29.6 Å². The van der Waals surface area contributed by atoms with Gasteiger partial charge in [0.1, 0.15) is 14.0 Å². The Morgan fingerprint density at radius 1 is 0.806 bits per heavy atom. The van der Waals surface area contributed by atoms with Gasteiger partial charge in [-0.25, -0.2) is 0 Å². The van der Waals surface area contributed by atoms with Gasteiger partial charge in [0.15, 0.2) is 0 Å². The third kappa shape index (κ3) is 3.68. The van der Waals surface area contributed by atoms with Gasteiger partial charge in [-0.1, -0.05) is 106 Å². The molecular formula is C32H40N2OSi. The highest BCUT2D eigenvalue weighted by Crippen LogP contribution is 2.59. The van der Waals surface area contributed by atoms with Crippen LogP contribution >= 0.6 is 0 Å². The van der Waals surface area contributed by atoms with Crippen LogP contribution in [0.15, 0.2) is 91.1 Å². The first-order chi connectivity index (χ1) is 17.4. The summed E-state index contributed by atoms with van der Waals surface area (Å²) in [6.07, 6.45) is 26.7. The molecule has 1 heterocycles. The summed E-state index contributed by atoms with van der Waals surface area (Å²) in [7, 11) is -0.198. The van der Waals surface area contributed by atoms with Crippen LogP contribution in [-0.4, -0.2) is 38.2 Å². The minimum absolute atomic E-state index is 0.305. The molecule has 36 heavy (non-hydrogen) atoms. The number of fused-ring (bicyclic) bond motifs is 4. The number of hydrogen-bond donors (Lipinski definition) is 1. The average molecular weight is 497 g/mol. The summed E-state index contributed by atoms with van der Waals surface area (Å²) in [6.45, 7) is 10.1. The Kier molecular flexibility index (Phi) is 6.10. The number of nitrogens with one attached hydrogen (secondary N) is 1. The largest absolute Gasteiger partial charge is 0.497 e. The van der Waals surface area contributed by atoms with Crippen molar-refractivity contribution in [2.75, 3.05) is 7.11 Å². The summed E-state index contributed by atoms with van der Waals surface area (Å²) < 4.78 is 8.41. The molecule has 1 aromatic carbocycles. The van der Waals surface area contributed by atoms with Gasteiger partial charge in [0.25, 0.3) is 0 Å². The molecule has 1 aliphatic heterocycles. The second-order valence-electron chi connectivity index (χ2n) is 12.0. The molecule has 5 aliphatic rings. The van der Waals surface area contributed by atoms with Gasteiger partial charge in [-0.15, -0.1) is 0 Å². The molecular weight excluding hydrogens is 456 g/mol. The molecule has 1 N–H and O–H groups in total. The van der Waals surface area contributed by atoms with Gasteiger partial charge in [0.2, 0.25) is 0 Å². The van der Waals surface area contributed by atoms with E-state index in [4.69, 9.17) is 4.74 Å². The van der Waals surface area contributed by atoms with Crippen molar-refractivity contribution < 1.29 is 4.74 Å². The first-order valence-electron chi connectivity index (χ1n) is 13.7. The third-order valence-corrected chi connectivity index (χ3v) is 13.8. The minimum atomic E-state index is -1.93. The number of nitrogens with zero attached hydrogens (tertiary/aromatic N) is 1. The standard InChI is InChI=1S/C32H40N2OSi/c1-21(2)32-33-30-24(22-17-19-23(35-3)20-18-22)15-10-16-29(30)34(32)36(4,5)31-27-13-8-6-11-25(27)26-12-7-9-14-28(26)31/h6-21,25-33H,1-5H3/t25?,26?,27?,28?,29-,30?,31?,32-/m1/s1. The first kappa shape index (κ1) is 24.0. The molecule has 2 fully saturated rings. The second kappa shape index (κ2) is 9.16. The summed E-state index contributed by atoms with van der Waals surface area (Å²) in [4.78, 5) is 0. The number of allylic oxidation sites excluding steroid dienone is 10. The highest BCUT2D eigenvalue weighted by Gasteiger charge is 2.59. The van der Waals surface area contributed by atoms with E-state index in [2.05, 4.69) is 128 Å². The lowest BCUT2D eigenvalue weighted by molar-refractivity contribution is 0.258. The number of methoxy groups -OCH3 is 1. The Labute approximate surface area is 218 Å². The van der Waals surface area contributed by atoms with Crippen LogP contribution in [0.4, 0.5) is 0 Å². The quantitative estimate of drug-likeness (QED) is 0.466. The van der Waals surface area contributed by atoms with E-state index in [1.54, 1.807) is 7.11 Å². The van der Waals surface area contributed by atoms with E-state index in [-0.39, 0.29) is 0 Å². The molecule has 1 saturated carbocycles. The zero-order valence-electron chi connectivity index (χ0n) is 22.2. The molecule has 3 nitrogen and oxygen atoms in total. The molecule has 7 atom stereocenters. The summed E-state index contributed by atoms with van der Waals surface area (Å²) >= 11 is 0. The lowest BCUT2D eigenvalue weighted by atomic mass is 9.83. The Balaban J connectivity index is 1.38. The summed E-state index contributed by atoms with van der Waals surface area (Å²) in [6, 6.07) is 9.27. The first-order valence-corrected chi connectivity index (χ1v) is 16.7. The van der Waals surface area contributed by atoms with E-state index < -0.39 is 8.24 Å². The second-order valence-corrected chi connectivity index (χ2v) is 16.5. The molecule has 188 valence electrons. The number of ether oxygens (including phenoxy) is 1. The molecule has 4 aliphatic carbocycles. The van der Waals surface area contributed by atoms with E-state index in [1.165, 1.54) is 11.1 Å². The minimum Gasteiger partial charge on any atom is -0.497 e. The lowest BCUT2D eigenvalue weighted by Crippen LogP contribution is -2.61. The van der Waals surface area contributed by atoms with Gasteiger partial charge in [-0.05, 0) is 58.4 Å². The predicted molar refractivity (Wildman–Crippen MR) is 153 cm³/mol. The fourth-order valence-corrected chi connectivity index (χ4v) is 13.0. The molecule has 0 bridgehead atoms. The van der Waals surface area contributed by atoms with Gasteiger partial charge in [-0.2, -0.15) is 0 Å².